The first kappa shape index (κ1) is 26.3. The summed E-state index contributed by atoms with van der Waals surface area (Å²) in [5, 5.41) is 5.28. The Morgan fingerprint density at radius 3 is 2.49 bits per heavy atom. The van der Waals surface area contributed by atoms with Crippen LogP contribution in [-0.2, 0) is 19.6 Å². The number of amides is 2. The Balaban J connectivity index is 1.90. The van der Waals surface area contributed by atoms with Crippen molar-refractivity contribution in [2.24, 2.45) is 5.41 Å². The summed E-state index contributed by atoms with van der Waals surface area (Å²) in [7, 11) is -4.09. The lowest BCUT2D eigenvalue weighted by atomic mass is 9.99. The molecule has 35 heavy (non-hydrogen) atoms. The van der Waals surface area contributed by atoms with E-state index < -0.39 is 28.0 Å². The van der Waals surface area contributed by atoms with E-state index in [0.717, 1.165) is 12.1 Å². The van der Waals surface area contributed by atoms with Gasteiger partial charge in [-0.2, -0.15) is 0 Å². The zero-order chi connectivity index (χ0) is 25.8. The van der Waals surface area contributed by atoms with Gasteiger partial charge in [-0.3, -0.25) is 14.4 Å². The molecule has 1 aliphatic rings. The van der Waals surface area contributed by atoms with Crippen molar-refractivity contribution in [1.29, 1.82) is 0 Å². The van der Waals surface area contributed by atoms with Gasteiger partial charge in [-0.15, -0.1) is 0 Å². The predicted octanol–water partition coefficient (Wildman–Crippen LogP) is 3.90. The van der Waals surface area contributed by atoms with Gasteiger partial charge in [0.15, 0.2) is 0 Å². The Bertz CT molecular complexity index is 1180. The van der Waals surface area contributed by atoms with E-state index in [-0.39, 0.29) is 35.1 Å². The molecule has 190 valence electrons. The van der Waals surface area contributed by atoms with Gasteiger partial charge in [-0.25, -0.2) is 17.6 Å². The maximum Gasteiger partial charge on any atom is 0.411 e. The van der Waals surface area contributed by atoms with Crippen molar-refractivity contribution in [3.63, 3.8) is 0 Å². The number of carbonyl (C=O) groups is 2. The van der Waals surface area contributed by atoms with Gasteiger partial charge in [0.2, 0.25) is 5.91 Å². The number of halogens is 1. The van der Waals surface area contributed by atoms with E-state index in [9.17, 15) is 22.4 Å². The summed E-state index contributed by atoms with van der Waals surface area (Å²) >= 11 is 0. The molecule has 2 amide bonds. The van der Waals surface area contributed by atoms with Crippen LogP contribution in [0.2, 0.25) is 0 Å². The van der Waals surface area contributed by atoms with E-state index in [1.807, 2.05) is 20.8 Å². The molecule has 1 heterocycles. The number of fused-ring (bicyclic) bond motifs is 1. The van der Waals surface area contributed by atoms with Crippen molar-refractivity contribution in [3.8, 4) is 5.75 Å². The highest BCUT2D eigenvalue weighted by Crippen LogP contribution is 2.39. The van der Waals surface area contributed by atoms with E-state index in [2.05, 4.69) is 10.6 Å². The molecule has 3 rings (SSSR count). The van der Waals surface area contributed by atoms with Gasteiger partial charge in [-0.1, -0.05) is 20.8 Å². The molecule has 0 aliphatic carbocycles. The van der Waals surface area contributed by atoms with Crippen molar-refractivity contribution in [3.05, 3.63) is 48.3 Å². The lowest BCUT2D eigenvalue weighted by Crippen LogP contribution is -2.44. The molecule has 1 atom stereocenters. The third-order valence-corrected chi connectivity index (χ3v) is 6.81. The minimum absolute atomic E-state index is 0.0375. The third kappa shape index (κ3) is 7.08. The Morgan fingerprint density at radius 2 is 1.86 bits per heavy atom. The number of hydrogen-bond donors (Lipinski definition) is 2. The number of hydrogen-bond acceptors (Lipinski definition) is 6. The van der Waals surface area contributed by atoms with E-state index in [0.29, 0.717) is 24.4 Å². The number of rotatable bonds is 7. The minimum atomic E-state index is -4.09. The molecule has 9 nitrogen and oxygen atoms in total. The lowest BCUT2D eigenvalue weighted by molar-refractivity contribution is -0.119. The Labute approximate surface area is 204 Å². The smallest absolute Gasteiger partial charge is 0.411 e. The second-order valence-corrected chi connectivity index (χ2v) is 11.3. The fourth-order valence-corrected chi connectivity index (χ4v) is 4.85. The molecule has 0 radical (unpaired) electrons. The first-order valence-electron chi connectivity index (χ1n) is 11.1. The number of nitrogens with one attached hydrogen (secondary N) is 2. The van der Waals surface area contributed by atoms with Crippen molar-refractivity contribution < 1.29 is 31.9 Å². The molecule has 0 aromatic heterocycles. The molecule has 0 spiro atoms. The molecule has 0 fully saturated rings. The van der Waals surface area contributed by atoms with Gasteiger partial charge in [-0.05, 0) is 47.9 Å². The van der Waals surface area contributed by atoms with Gasteiger partial charge in [0, 0.05) is 25.6 Å². The van der Waals surface area contributed by atoms with Crippen LogP contribution in [0.5, 0.6) is 5.75 Å². The fraction of sp³-hybridized carbons (Fsp3) is 0.417. The molecule has 0 bridgehead atoms. The highest BCUT2D eigenvalue weighted by atomic mass is 32.2. The van der Waals surface area contributed by atoms with Crippen LogP contribution in [0.1, 0.15) is 34.1 Å². The standard InChI is InChI=1S/C24H30FN3O6S/c1-16(29)26-12-11-19-14-28(35(31,32)20-8-5-17(25)6-9-20)21-13-18(7-10-22(21)34-19)27-23(30)33-15-24(2,3)4/h5-10,13,19H,11-12,14-15H2,1-4H3,(H,26,29)(H,27,30)/t19-/m0/s1. The molecule has 11 heteroatoms. The zero-order valence-corrected chi connectivity index (χ0v) is 20.9. The molecule has 2 aromatic rings. The van der Waals surface area contributed by atoms with Crippen LogP contribution in [0, 0.1) is 11.2 Å². The molecule has 1 aliphatic heterocycles. The summed E-state index contributed by atoms with van der Waals surface area (Å²) in [5.74, 6) is -0.464. The van der Waals surface area contributed by atoms with Crippen LogP contribution in [0.25, 0.3) is 0 Å². The van der Waals surface area contributed by atoms with E-state index in [1.165, 1.54) is 29.4 Å². The maximum absolute atomic E-state index is 13.5. The van der Waals surface area contributed by atoms with Gasteiger partial charge in [0.1, 0.15) is 17.7 Å². The quantitative estimate of drug-likeness (QED) is 0.588. The first-order valence-corrected chi connectivity index (χ1v) is 12.6. The summed E-state index contributed by atoms with van der Waals surface area (Å²) in [6, 6.07) is 9.16. The average molecular weight is 508 g/mol. The van der Waals surface area contributed by atoms with E-state index in [4.69, 9.17) is 9.47 Å². The monoisotopic (exact) mass is 507 g/mol. The van der Waals surface area contributed by atoms with E-state index in [1.54, 1.807) is 12.1 Å². The summed E-state index contributed by atoms with van der Waals surface area (Å²) in [5.41, 5.74) is 0.328. The second-order valence-electron chi connectivity index (χ2n) is 9.45. The Morgan fingerprint density at radius 1 is 1.17 bits per heavy atom. The number of benzene rings is 2. The molecular formula is C24H30FN3O6S. The van der Waals surface area contributed by atoms with Gasteiger partial charge in [0.25, 0.3) is 10.0 Å². The van der Waals surface area contributed by atoms with Gasteiger partial charge >= 0.3 is 6.09 Å². The highest BCUT2D eigenvalue weighted by molar-refractivity contribution is 7.92. The van der Waals surface area contributed by atoms with Crippen molar-refractivity contribution in [2.45, 2.75) is 45.1 Å². The molecule has 2 aromatic carbocycles. The van der Waals surface area contributed by atoms with Crippen molar-refractivity contribution in [2.75, 3.05) is 29.3 Å². The van der Waals surface area contributed by atoms with Crippen LogP contribution >= 0.6 is 0 Å². The molecule has 0 unspecified atom stereocenters. The van der Waals surface area contributed by atoms with Crippen molar-refractivity contribution in [1.82, 2.24) is 5.32 Å². The SMILES string of the molecule is CC(=O)NCC[C@H]1CN(S(=O)(=O)c2ccc(F)cc2)c2cc(NC(=O)OCC(C)(C)C)ccc2O1. The van der Waals surface area contributed by atoms with Gasteiger partial charge < -0.3 is 14.8 Å². The van der Waals surface area contributed by atoms with Gasteiger partial charge in [0.05, 0.1) is 23.7 Å². The Hall–Kier alpha value is -3.34. The van der Waals surface area contributed by atoms with Crippen LogP contribution in [0.3, 0.4) is 0 Å². The number of ether oxygens (including phenoxy) is 2. The zero-order valence-electron chi connectivity index (χ0n) is 20.1. The summed E-state index contributed by atoms with van der Waals surface area (Å²) < 4.78 is 52.8. The largest absolute Gasteiger partial charge is 0.486 e. The highest BCUT2D eigenvalue weighted by Gasteiger charge is 2.35. The third-order valence-electron chi connectivity index (χ3n) is 5.02. The Kier molecular flexibility index (Phi) is 7.89. The van der Waals surface area contributed by atoms with Crippen LogP contribution < -0.4 is 19.7 Å². The fourth-order valence-electron chi connectivity index (χ4n) is 3.35. The molecular weight excluding hydrogens is 477 g/mol. The average Bonchev–Trinajstić information content (AvgIpc) is 2.77. The predicted molar refractivity (Wildman–Crippen MR) is 130 cm³/mol. The second kappa shape index (κ2) is 10.5. The maximum atomic E-state index is 13.5. The van der Waals surface area contributed by atoms with Crippen molar-refractivity contribution >= 4 is 33.4 Å². The van der Waals surface area contributed by atoms with Crippen LogP contribution in [0.4, 0.5) is 20.6 Å². The molecule has 2 N–H and O–H groups in total. The molecule has 0 saturated heterocycles. The summed E-state index contributed by atoms with van der Waals surface area (Å²) in [6.45, 7) is 7.64. The number of sulfonamides is 1. The summed E-state index contributed by atoms with van der Waals surface area (Å²) in [6.07, 6.45) is -0.842. The number of carbonyl (C=O) groups excluding carboxylic acids is 2. The number of nitrogens with zero attached hydrogens (tertiary/aromatic N) is 1. The number of anilines is 2. The van der Waals surface area contributed by atoms with Crippen LogP contribution in [0.15, 0.2) is 47.4 Å². The van der Waals surface area contributed by atoms with E-state index >= 15 is 0 Å². The first-order chi connectivity index (χ1) is 16.3. The van der Waals surface area contributed by atoms with Crippen LogP contribution in [-0.4, -0.2) is 46.2 Å². The lowest BCUT2D eigenvalue weighted by Gasteiger charge is -2.36. The molecule has 0 saturated carbocycles. The summed E-state index contributed by atoms with van der Waals surface area (Å²) in [4.78, 5) is 23.3. The normalized spacial score (nSPS) is 15.6. The topological polar surface area (TPSA) is 114 Å². The minimum Gasteiger partial charge on any atom is -0.486 e.